The number of hydrogen-bond acceptors (Lipinski definition) is 3. The maximum atomic E-state index is 13.4. The molecule has 0 atom stereocenters. The number of H-pyrrole nitrogens is 1. The molecule has 5 nitrogen and oxygen atoms in total. The van der Waals surface area contributed by atoms with E-state index in [2.05, 4.69) is 37.8 Å². The van der Waals surface area contributed by atoms with E-state index in [-0.39, 0.29) is 5.82 Å². The van der Waals surface area contributed by atoms with Gasteiger partial charge >= 0.3 is 0 Å². The summed E-state index contributed by atoms with van der Waals surface area (Å²) in [6.07, 6.45) is 2.16. The Morgan fingerprint density at radius 1 is 1.25 bits per heavy atom. The average Bonchev–Trinajstić information content (AvgIpc) is 3.12. The number of fused-ring (bicyclic) bond motifs is 1. The Bertz CT molecular complexity index is 858. The second-order valence-electron chi connectivity index (χ2n) is 6.73. The number of rotatable bonds is 3. The van der Waals surface area contributed by atoms with Crippen LogP contribution in [0.4, 0.5) is 4.39 Å². The third-order valence-corrected chi connectivity index (χ3v) is 5.06. The quantitative estimate of drug-likeness (QED) is 0.804. The van der Waals surface area contributed by atoms with Crippen LogP contribution in [-0.4, -0.2) is 37.7 Å². The van der Waals surface area contributed by atoms with Crippen LogP contribution in [-0.2, 0) is 13.6 Å². The number of piperidine rings is 1. The molecule has 0 radical (unpaired) electrons. The summed E-state index contributed by atoms with van der Waals surface area (Å²) in [5.74, 6) is 2.11. The largest absolute Gasteiger partial charge is 0.346 e. The zero-order valence-corrected chi connectivity index (χ0v) is 14.1. The first kappa shape index (κ1) is 15.3. The molecule has 1 aliphatic rings. The predicted molar refractivity (Wildman–Crippen MR) is 91.2 cm³/mol. The van der Waals surface area contributed by atoms with Gasteiger partial charge in [0.15, 0.2) is 5.82 Å². The van der Waals surface area contributed by atoms with E-state index in [9.17, 15) is 4.39 Å². The lowest BCUT2D eigenvalue weighted by molar-refractivity contribution is 0.198. The molecule has 3 aromatic rings. The van der Waals surface area contributed by atoms with Crippen LogP contribution in [0.5, 0.6) is 0 Å². The van der Waals surface area contributed by atoms with Crippen LogP contribution in [0.2, 0.25) is 0 Å². The Labute approximate surface area is 140 Å². The average molecular weight is 327 g/mol. The van der Waals surface area contributed by atoms with Crippen LogP contribution in [0.15, 0.2) is 24.3 Å². The Morgan fingerprint density at radius 3 is 2.75 bits per heavy atom. The molecule has 0 spiro atoms. The number of aryl methyl sites for hydroxylation is 2. The SMILES string of the molecule is Cc1nc(C2CCN(Cc3cc4cc(F)ccc4n3C)CC2)n[nH]1. The Hall–Kier alpha value is -2.21. The maximum absolute atomic E-state index is 13.4. The number of benzene rings is 1. The van der Waals surface area contributed by atoms with E-state index in [0.29, 0.717) is 5.92 Å². The van der Waals surface area contributed by atoms with Crippen molar-refractivity contribution in [3.8, 4) is 0 Å². The summed E-state index contributed by atoms with van der Waals surface area (Å²) in [4.78, 5) is 6.93. The Morgan fingerprint density at radius 2 is 2.04 bits per heavy atom. The molecule has 0 bridgehead atoms. The van der Waals surface area contributed by atoms with Crippen molar-refractivity contribution in [1.29, 1.82) is 0 Å². The predicted octanol–water partition coefficient (Wildman–Crippen LogP) is 3.12. The maximum Gasteiger partial charge on any atom is 0.153 e. The highest BCUT2D eigenvalue weighted by Gasteiger charge is 2.24. The lowest BCUT2D eigenvalue weighted by Gasteiger charge is -2.30. The Balaban J connectivity index is 1.44. The summed E-state index contributed by atoms with van der Waals surface area (Å²) in [5, 5.41) is 8.21. The molecule has 1 aliphatic heterocycles. The lowest BCUT2D eigenvalue weighted by atomic mass is 9.96. The minimum absolute atomic E-state index is 0.178. The summed E-state index contributed by atoms with van der Waals surface area (Å²) in [6, 6.07) is 7.09. The minimum atomic E-state index is -0.178. The molecule has 3 heterocycles. The van der Waals surface area contributed by atoms with E-state index < -0.39 is 0 Å². The summed E-state index contributed by atoms with van der Waals surface area (Å²) in [5.41, 5.74) is 2.31. The smallest absolute Gasteiger partial charge is 0.153 e. The number of halogens is 1. The van der Waals surface area contributed by atoms with E-state index in [4.69, 9.17) is 0 Å². The van der Waals surface area contributed by atoms with Crippen LogP contribution in [0.3, 0.4) is 0 Å². The molecule has 1 aromatic carbocycles. The third-order valence-electron chi connectivity index (χ3n) is 5.06. The van der Waals surface area contributed by atoms with Gasteiger partial charge in [-0.2, -0.15) is 5.10 Å². The van der Waals surface area contributed by atoms with E-state index in [1.54, 1.807) is 6.07 Å². The molecule has 6 heteroatoms. The van der Waals surface area contributed by atoms with Gasteiger partial charge in [-0.1, -0.05) is 0 Å². The van der Waals surface area contributed by atoms with Gasteiger partial charge < -0.3 is 4.57 Å². The van der Waals surface area contributed by atoms with Gasteiger partial charge in [0.2, 0.25) is 0 Å². The fourth-order valence-electron chi connectivity index (χ4n) is 3.65. The molecule has 24 heavy (non-hydrogen) atoms. The van der Waals surface area contributed by atoms with Crippen molar-refractivity contribution in [3.63, 3.8) is 0 Å². The van der Waals surface area contributed by atoms with Crippen molar-refractivity contribution in [2.24, 2.45) is 7.05 Å². The van der Waals surface area contributed by atoms with Gasteiger partial charge in [0, 0.05) is 36.1 Å². The topological polar surface area (TPSA) is 49.7 Å². The highest BCUT2D eigenvalue weighted by atomic mass is 19.1. The molecule has 2 aromatic heterocycles. The van der Waals surface area contributed by atoms with Gasteiger partial charge in [0.1, 0.15) is 11.6 Å². The molecule has 0 amide bonds. The molecule has 4 rings (SSSR count). The second-order valence-corrected chi connectivity index (χ2v) is 6.73. The lowest BCUT2D eigenvalue weighted by Crippen LogP contribution is -2.33. The van der Waals surface area contributed by atoms with Crippen molar-refractivity contribution >= 4 is 10.9 Å². The molecule has 0 saturated carbocycles. The van der Waals surface area contributed by atoms with E-state index in [0.717, 1.165) is 55.0 Å². The first-order valence-electron chi connectivity index (χ1n) is 8.45. The molecular weight excluding hydrogens is 305 g/mol. The van der Waals surface area contributed by atoms with Crippen molar-refractivity contribution in [2.45, 2.75) is 32.2 Å². The van der Waals surface area contributed by atoms with Crippen molar-refractivity contribution in [1.82, 2.24) is 24.6 Å². The van der Waals surface area contributed by atoms with E-state index in [1.807, 2.05) is 13.0 Å². The van der Waals surface area contributed by atoms with Gasteiger partial charge in [0.25, 0.3) is 0 Å². The first-order chi connectivity index (χ1) is 11.6. The molecule has 1 N–H and O–H groups in total. The van der Waals surface area contributed by atoms with Crippen LogP contribution in [0.25, 0.3) is 10.9 Å². The van der Waals surface area contributed by atoms with Crippen LogP contribution < -0.4 is 0 Å². The fourth-order valence-corrected chi connectivity index (χ4v) is 3.65. The van der Waals surface area contributed by atoms with Crippen LogP contribution >= 0.6 is 0 Å². The zero-order valence-electron chi connectivity index (χ0n) is 14.1. The second kappa shape index (κ2) is 6.02. The summed E-state index contributed by atoms with van der Waals surface area (Å²) in [7, 11) is 2.05. The minimum Gasteiger partial charge on any atom is -0.346 e. The van der Waals surface area contributed by atoms with E-state index in [1.165, 1.54) is 11.8 Å². The van der Waals surface area contributed by atoms with Crippen LogP contribution in [0, 0.1) is 12.7 Å². The van der Waals surface area contributed by atoms with Crippen molar-refractivity contribution < 1.29 is 4.39 Å². The highest BCUT2D eigenvalue weighted by molar-refractivity contribution is 5.81. The number of nitrogens with zero attached hydrogens (tertiary/aromatic N) is 4. The number of aromatic amines is 1. The molecule has 1 saturated heterocycles. The molecule has 0 unspecified atom stereocenters. The van der Waals surface area contributed by atoms with Gasteiger partial charge in [-0.25, -0.2) is 9.37 Å². The number of hydrogen-bond donors (Lipinski definition) is 1. The van der Waals surface area contributed by atoms with E-state index >= 15 is 0 Å². The summed E-state index contributed by atoms with van der Waals surface area (Å²) in [6.45, 7) is 4.91. The monoisotopic (exact) mass is 327 g/mol. The number of nitrogens with one attached hydrogen (secondary N) is 1. The van der Waals surface area contributed by atoms with Gasteiger partial charge in [-0.3, -0.25) is 10.00 Å². The first-order valence-corrected chi connectivity index (χ1v) is 8.45. The Kier molecular flexibility index (Phi) is 3.84. The molecular formula is C18H22FN5. The summed E-state index contributed by atoms with van der Waals surface area (Å²) < 4.78 is 15.6. The van der Waals surface area contributed by atoms with Crippen LogP contribution in [0.1, 0.15) is 36.1 Å². The number of aromatic nitrogens is 4. The fraction of sp³-hybridized carbons (Fsp3) is 0.444. The molecule has 0 aliphatic carbocycles. The highest BCUT2D eigenvalue weighted by Crippen LogP contribution is 2.27. The van der Waals surface area contributed by atoms with Crippen molar-refractivity contribution in [3.05, 3.63) is 47.4 Å². The van der Waals surface area contributed by atoms with Gasteiger partial charge in [-0.05, 0) is 57.1 Å². The number of likely N-dealkylation sites (tertiary alicyclic amines) is 1. The van der Waals surface area contributed by atoms with Gasteiger partial charge in [-0.15, -0.1) is 0 Å². The summed E-state index contributed by atoms with van der Waals surface area (Å²) >= 11 is 0. The van der Waals surface area contributed by atoms with Crippen molar-refractivity contribution in [2.75, 3.05) is 13.1 Å². The van der Waals surface area contributed by atoms with Gasteiger partial charge in [0.05, 0.1) is 0 Å². The standard InChI is InChI=1S/C18H22FN5/c1-12-20-18(22-21-12)13-5-7-24(8-6-13)11-16-10-14-9-15(19)3-4-17(14)23(16)2/h3-4,9-10,13H,5-8,11H2,1-2H3,(H,20,21,22). The molecule has 1 fully saturated rings. The third kappa shape index (κ3) is 2.82. The molecule has 126 valence electrons. The zero-order chi connectivity index (χ0) is 16.7. The normalized spacial score (nSPS) is 17.0.